The smallest absolute Gasteiger partial charge is 0.373 e. The monoisotopic (exact) mass is 648 g/mol. The number of rotatable bonds is 9. The van der Waals surface area contributed by atoms with Crippen LogP contribution < -0.4 is 14.8 Å². The van der Waals surface area contributed by atoms with Gasteiger partial charge in [0.15, 0.2) is 18.1 Å². The van der Waals surface area contributed by atoms with Crippen LogP contribution in [0.15, 0.2) is 63.9 Å². The van der Waals surface area contributed by atoms with Gasteiger partial charge in [0.05, 0.1) is 29.2 Å². The number of furan rings is 1. The van der Waals surface area contributed by atoms with E-state index in [4.69, 9.17) is 13.9 Å². The third-order valence-electron chi connectivity index (χ3n) is 5.19. The third-order valence-corrected chi connectivity index (χ3v) is 6.90. The summed E-state index contributed by atoms with van der Waals surface area (Å²) in [7, 11) is 2.69. The Labute approximate surface area is 235 Å². The number of carbonyl (C=O) groups is 4. The molecule has 3 amide bonds. The van der Waals surface area contributed by atoms with Crippen LogP contribution in [0.5, 0.6) is 11.5 Å². The fourth-order valence-corrected chi connectivity index (χ4v) is 5.06. The Hall–Kier alpha value is -3.78. The maximum Gasteiger partial charge on any atom is 0.373 e. The summed E-state index contributed by atoms with van der Waals surface area (Å²) in [5, 5.41) is 2.28. The number of nitrogens with one attached hydrogen (secondary N) is 1. The van der Waals surface area contributed by atoms with E-state index < -0.39 is 17.1 Å². The molecule has 38 heavy (non-hydrogen) atoms. The zero-order valence-electron chi connectivity index (χ0n) is 20.2. The lowest BCUT2D eigenvalue weighted by Gasteiger charge is -2.14. The molecule has 0 bridgehead atoms. The van der Waals surface area contributed by atoms with E-state index in [1.807, 2.05) is 40.8 Å². The lowest BCUT2D eigenvalue weighted by atomic mass is 10.2. The van der Waals surface area contributed by atoms with Gasteiger partial charge >= 0.3 is 5.97 Å². The van der Waals surface area contributed by atoms with Gasteiger partial charge in [0.2, 0.25) is 5.76 Å². The first-order chi connectivity index (χ1) is 18.3. The van der Waals surface area contributed by atoms with Crippen molar-refractivity contribution in [3.8, 4) is 11.5 Å². The summed E-state index contributed by atoms with van der Waals surface area (Å²) in [5.74, 6) is -0.501. The molecule has 3 aromatic rings. The Bertz CT molecular complexity index is 1420. The van der Waals surface area contributed by atoms with Crippen LogP contribution in [0.4, 0.5) is 10.5 Å². The van der Waals surface area contributed by atoms with Gasteiger partial charge in [-0.2, -0.15) is 0 Å². The molecule has 1 N–H and O–H groups in total. The molecule has 1 saturated heterocycles. The first kappa shape index (κ1) is 27.3. The van der Waals surface area contributed by atoms with Crippen LogP contribution in [-0.4, -0.2) is 48.7 Å². The maximum atomic E-state index is 12.9. The fourth-order valence-electron chi connectivity index (χ4n) is 3.44. The molecule has 1 aliphatic rings. The molecular formula is C26H21IN2O8S. The molecule has 12 heteroatoms. The number of methoxy groups -OCH3 is 2. The van der Waals surface area contributed by atoms with Gasteiger partial charge in [-0.3, -0.25) is 19.3 Å². The molecule has 0 radical (unpaired) electrons. The Morgan fingerprint density at radius 3 is 2.58 bits per heavy atom. The van der Waals surface area contributed by atoms with Gasteiger partial charge in [0, 0.05) is 5.69 Å². The van der Waals surface area contributed by atoms with Crippen molar-refractivity contribution in [3.63, 3.8) is 0 Å². The predicted molar refractivity (Wildman–Crippen MR) is 148 cm³/mol. The molecule has 1 aliphatic heterocycles. The molecule has 2 heterocycles. The van der Waals surface area contributed by atoms with E-state index in [1.54, 1.807) is 30.3 Å². The summed E-state index contributed by atoms with van der Waals surface area (Å²) < 4.78 is 21.8. The second-order valence-electron chi connectivity index (χ2n) is 7.76. The van der Waals surface area contributed by atoms with Crippen molar-refractivity contribution < 1.29 is 37.8 Å². The number of halogens is 1. The highest BCUT2D eigenvalue weighted by atomic mass is 127. The van der Waals surface area contributed by atoms with Crippen LogP contribution in [0, 0.1) is 3.57 Å². The Morgan fingerprint density at radius 1 is 1.11 bits per heavy atom. The van der Waals surface area contributed by atoms with Gasteiger partial charge in [0.25, 0.3) is 17.1 Å². The van der Waals surface area contributed by atoms with Gasteiger partial charge < -0.3 is 23.9 Å². The quantitative estimate of drug-likeness (QED) is 0.195. The normalized spacial score (nSPS) is 14.1. The average molecular weight is 648 g/mol. The van der Waals surface area contributed by atoms with E-state index in [0.29, 0.717) is 26.3 Å². The number of para-hydroxylation sites is 1. The summed E-state index contributed by atoms with van der Waals surface area (Å²) in [5.41, 5.74) is 1.26. The minimum absolute atomic E-state index is 0.0217. The maximum absolute atomic E-state index is 12.9. The molecule has 4 rings (SSSR count). The van der Waals surface area contributed by atoms with E-state index in [1.165, 1.54) is 26.4 Å². The number of anilines is 1. The standard InChI is InChI=1S/C26H21IN2O8S/c1-34-20-11-15(10-18(27)23(20)36-14-22(30)28-16-6-4-3-5-7-16)12-21-24(31)29(26(33)38-21)13-17-8-9-19(37-17)25(32)35-2/h3-12H,13-14H2,1-2H3,(H,28,30)/b21-12+. The van der Waals surface area contributed by atoms with Gasteiger partial charge in [-0.05, 0) is 82.4 Å². The number of hydrogen-bond acceptors (Lipinski definition) is 9. The Morgan fingerprint density at radius 2 is 1.87 bits per heavy atom. The summed E-state index contributed by atoms with van der Waals surface area (Å²) in [4.78, 5) is 50.6. The molecule has 196 valence electrons. The molecule has 0 spiro atoms. The highest BCUT2D eigenvalue weighted by Gasteiger charge is 2.36. The number of imide groups is 1. The molecule has 0 saturated carbocycles. The summed E-state index contributed by atoms with van der Waals surface area (Å²) >= 11 is 2.84. The van der Waals surface area contributed by atoms with E-state index in [2.05, 4.69) is 10.1 Å². The molecule has 0 aliphatic carbocycles. The van der Waals surface area contributed by atoms with E-state index in [9.17, 15) is 19.2 Å². The van der Waals surface area contributed by atoms with Crippen molar-refractivity contribution in [2.24, 2.45) is 0 Å². The average Bonchev–Trinajstić information content (AvgIpc) is 3.48. The van der Waals surface area contributed by atoms with Gasteiger partial charge in [-0.1, -0.05) is 18.2 Å². The van der Waals surface area contributed by atoms with Crippen LogP contribution in [-0.2, 0) is 20.9 Å². The lowest BCUT2D eigenvalue weighted by molar-refractivity contribution is -0.123. The number of carbonyl (C=O) groups excluding carboxylic acids is 4. The SMILES string of the molecule is COC(=O)c1ccc(CN2C(=O)S/C(=C/c3cc(I)c(OCC(=O)Nc4ccccc4)c(OC)c3)C2=O)o1. The Balaban J connectivity index is 1.45. The van der Waals surface area contributed by atoms with E-state index >= 15 is 0 Å². The molecule has 1 fully saturated rings. The zero-order valence-corrected chi connectivity index (χ0v) is 23.2. The van der Waals surface area contributed by atoms with Crippen molar-refractivity contribution in [1.29, 1.82) is 0 Å². The number of esters is 1. The topological polar surface area (TPSA) is 124 Å². The molecule has 2 aromatic carbocycles. The summed E-state index contributed by atoms with van der Waals surface area (Å²) in [6.07, 6.45) is 1.57. The minimum atomic E-state index is -0.655. The van der Waals surface area contributed by atoms with Crippen LogP contribution in [0.3, 0.4) is 0 Å². The molecular weight excluding hydrogens is 627 g/mol. The van der Waals surface area contributed by atoms with Crippen LogP contribution in [0.25, 0.3) is 6.08 Å². The van der Waals surface area contributed by atoms with Gasteiger partial charge in [-0.15, -0.1) is 0 Å². The Kier molecular flexibility index (Phi) is 8.73. The third kappa shape index (κ3) is 6.37. The van der Waals surface area contributed by atoms with Crippen LogP contribution in [0.2, 0.25) is 0 Å². The van der Waals surface area contributed by atoms with Crippen LogP contribution >= 0.6 is 34.4 Å². The van der Waals surface area contributed by atoms with Crippen molar-refractivity contribution >= 4 is 69.1 Å². The molecule has 0 unspecified atom stereocenters. The number of thioether (sulfide) groups is 1. The number of benzene rings is 2. The number of ether oxygens (including phenoxy) is 3. The molecule has 0 atom stereocenters. The highest BCUT2D eigenvalue weighted by Crippen LogP contribution is 2.37. The second kappa shape index (κ2) is 12.2. The van der Waals surface area contributed by atoms with Crippen molar-refractivity contribution in [2.75, 3.05) is 26.1 Å². The van der Waals surface area contributed by atoms with Crippen molar-refractivity contribution in [1.82, 2.24) is 4.90 Å². The minimum Gasteiger partial charge on any atom is -0.493 e. The highest BCUT2D eigenvalue weighted by molar-refractivity contribution is 14.1. The first-order valence-corrected chi connectivity index (χ1v) is 13.0. The molecule has 1 aromatic heterocycles. The van der Waals surface area contributed by atoms with Crippen molar-refractivity contribution in [2.45, 2.75) is 6.54 Å². The van der Waals surface area contributed by atoms with Crippen molar-refractivity contribution in [3.05, 3.63) is 80.2 Å². The second-order valence-corrected chi connectivity index (χ2v) is 9.92. The zero-order chi connectivity index (χ0) is 27.2. The fraction of sp³-hybridized carbons (Fsp3) is 0.154. The number of amides is 3. The predicted octanol–water partition coefficient (Wildman–Crippen LogP) is 4.93. The van der Waals surface area contributed by atoms with E-state index in [0.717, 1.165) is 16.7 Å². The summed E-state index contributed by atoms with van der Waals surface area (Å²) in [6.45, 7) is -0.359. The van der Waals surface area contributed by atoms with E-state index in [-0.39, 0.29) is 35.5 Å². The van der Waals surface area contributed by atoms with Crippen LogP contribution in [0.1, 0.15) is 21.9 Å². The first-order valence-electron chi connectivity index (χ1n) is 11.1. The number of hydrogen-bond donors (Lipinski definition) is 1. The summed E-state index contributed by atoms with van der Waals surface area (Å²) in [6, 6.07) is 15.3. The van der Waals surface area contributed by atoms with Gasteiger partial charge in [0.1, 0.15) is 5.76 Å². The molecule has 10 nitrogen and oxygen atoms in total. The number of nitrogens with zero attached hydrogens (tertiary/aromatic N) is 1. The largest absolute Gasteiger partial charge is 0.493 e. The van der Waals surface area contributed by atoms with Gasteiger partial charge in [-0.25, -0.2) is 4.79 Å². The lowest BCUT2D eigenvalue weighted by Crippen LogP contribution is -2.27.